The summed E-state index contributed by atoms with van der Waals surface area (Å²) >= 11 is 0. The summed E-state index contributed by atoms with van der Waals surface area (Å²) in [6.07, 6.45) is 3.91. The van der Waals surface area contributed by atoms with E-state index in [1.807, 2.05) is 38.1 Å². The third-order valence-corrected chi connectivity index (χ3v) is 4.16. The molecule has 0 saturated heterocycles. The summed E-state index contributed by atoms with van der Waals surface area (Å²) < 4.78 is 5.57. The van der Waals surface area contributed by atoms with Gasteiger partial charge in [0.1, 0.15) is 0 Å². The predicted molar refractivity (Wildman–Crippen MR) is 91.4 cm³/mol. The van der Waals surface area contributed by atoms with Crippen LogP contribution in [0.1, 0.15) is 45.1 Å². The highest BCUT2D eigenvalue weighted by molar-refractivity contribution is 5.89. The molecule has 0 heterocycles. The van der Waals surface area contributed by atoms with Crippen molar-refractivity contribution in [2.45, 2.75) is 58.3 Å². The molecular weight excluding hydrogens is 292 g/mol. The Labute approximate surface area is 138 Å². The van der Waals surface area contributed by atoms with Crippen molar-refractivity contribution in [3.63, 3.8) is 0 Å². The van der Waals surface area contributed by atoms with Crippen LogP contribution >= 0.6 is 0 Å². The van der Waals surface area contributed by atoms with Crippen LogP contribution in [-0.4, -0.2) is 29.9 Å². The van der Waals surface area contributed by atoms with E-state index in [1.165, 1.54) is 0 Å². The Bertz CT molecular complexity index is 505. The summed E-state index contributed by atoms with van der Waals surface area (Å²) in [6.45, 7) is 5.04. The maximum atomic E-state index is 12.0. The highest BCUT2D eigenvalue weighted by Crippen LogP contribution is 2.23. The number of urea groups is 1. The number of aliphatic hydroxyl groups is 1. The largest absolute Gasteiger partial charge is 0.393 e. The minimum absolute atomic E-state index is 0.167. The van der Waals surface area contributed by atoms with Gasteiger partial charge in [-0.25, -0.2) is 4.79 Å². The van der Waals surface area contributed by atoms with Gasteiger partial charge in [-0.15, -0.1) is 0 Å². The van der Waals surface area contributed by atoms with Crippen LogP contribution in [0.15, 0.2) is 24.3 Å². The zero-order valence-corrected chi connectivity index (χ0v) is 14.0. The van der Waals surface area contributed by atoms with E-state index >= 15 is 0 Å². The van der Waals surface area contributed by atoms with Crippen LogP contribution in [0.25, 0.3) is 0 Å². The molecule has 0 spiro atoms. The van der Waals surface area contributed by atoms with Gasteiger partial charge in [0.2, 0.25) is 0 Å². The average Bonchev–Trinajstić information content (AvgIpc) is 2.52. The number of nitrogens with one attached hydrogen (secondary N) is 2. The molecule has 0 aliphatic heterocycles. The molecule has 23 heavy (non-hydrogen) atoms. The molecule has 3 N–H and O–H groups in total. The second kappa shape index (κ2) is 8.89. The molecule has 1 aliphatic carbocycles. The fourth-order valence-electron chi connectivity index (χ4n) is 2.83. The fourth-order valence-corrected chi connectivity index (χ4v) is 2.83. The molecule has 5 heteroatoms. The standard InChI is InChI=1S/C18H28N2O3/c1-13(2)23-12-14-6-5-8-16(10-14)20-18(22)19-11-15-7-3-4-9-17(15)21/h5-6,8,10,13,15,17,21H,3-4,7,9,11-12H2,1-2H3,(H2,19,20,22)/t15-,17+/m0/s1. The first-order valence-electron chi connectivity index (χ1n) is 8.48. The number of aliphatic hydroxyl groups excluding tert-OH is 1. The van der Waals surface area contributed by atoms with Crippen LogP contribution < -0.4 is 10.6 Å². The molecule has 1 aliphatic rings. The lowest BCUT2D eigenvalue weighted by atomic mass is 9.86. The van der Waals surface area contributed by atoms with Gasteiger partial charge in [-0.1, -0.05) is 25.0 Å². The molecule has 0 radical (unpaired) electrons. The normalized spacial score (nSPS) is 21.2. The summed E-state index contributed by atoms with van der Waals surface area (Å²) in [5.41, 5.74) is 1.77. The zero-order valence-electron chi connectivity index (χ0n) is 14.0. The van der Waals surface area contributed by atoms with Gasteiger partial charge in [0, 0.05) is 18.2 Å². The van der Waals surface area contributed by atoms with Crippen LogP contribution in [0.3, 0.4) is 0 Å². The first-order valence-corrected chi connectivity index (χ1v) is 8.48. The number of anilines is 1. The molecule has 2 amide bonds. The van der Waals surface area contributed by atoms with Crippen molar-refractivity contribution in [2.24, 2.45) is 5.92 Å². The number of amides is 2. The molecule has 1 fully saturated rings. The van der Waals surface area contributed by atoms with Crippen molar-refractivity contribution in [1.82, 2.24) is 5.32 Å². The third-order valence-electron chi connectivity index (χ3n) is 4.16. The Morgan fingerprint density at radius 2 is 2.13 bits per heavy atom. The number of ether oxygens (including phenoxy) is 1. The Morgan fingerprint density at radius 3 is 2.87 bits per heavy atom. The summed E-state index contributed by atoms with van der Waals surface area (Å²) in [5, 5.41) is 15.6. The summed E-state index contributed by atoms with van der Waals surface area (Å²) in [7, 11) is 0. The lowest BCUT2D eigenvalue weighted by Gasteiger charge is -2.27. The molecule has 0 bridgehead atoms. The van der Waals surface area contributed by atoms with Gasteiger partial charge in [-0.05, 0) is 44.4 Å². The molecule has 0 aromatic heterocycles. The first-order chi connectivity index (χ1) is 11.0. The van der Waals surface area contributed by atoms with Gasteiger partial charge < -0.3 is 20.5 Å². The maximum Gasteiger partial charge on any atom is 0.319 e. The molecule has 2 atom stereocenters. The SMILES string of the molecule is CC(C)OCc1cccc(NC(=O)NC[C@@H]2CCCC[C@H]2O)c1. The van der Waals surface area contributed by atoms with Gasteiger partial charge in [-0.2, -0.15) is 0 Å². The number of benzene rings is 1. The molecule has 1 aromatic rings. The van der Waals surface area contributed by atoms with Gasteiger partial charge >= 0.3 is 6.03 Å². The summed E-state index contributed by atoms with van der Waals surface area (Å²) in [4.78, 5) is 12.0. The van der Waals surface area contributed by atoms with E-state index in [9.17, 15) is 9.90 Å². The summed E-state index contributed by atoms with van der Waals surface area (Å²) in [5.74, 6) is 0.167. The monoisotopic (exact) mass is 320 g/mol. The Kier molecular flexibility index (Phi) is 6.86. The van der Waals surface area contributed by atoms with Crippen molar-refractivity contribution in [3.05, 3.63) is 29.8 Å². The van der Waals surface area contributed by atoms with Crippen LogP contribution in [0.5, 0.6) is 0 Å². The third kappa shape index (κ3) is 6.20. The predicted octanol–water partition coefficient (Wildman–Crippen LogP) is 3.28. The Hall–Kier alpha value is -1.59. The van der Waals surface area contributed by atoms with E-state index in [0.717, 1.165) is 36.9 Å². The molecule has 1 saturated carbocycles. The number of hydrogen-bond acceptors (Lipinski definition) is 3. The van der Waals surface area contributed by atoms with Gasteiger partial charge in [0.05, 0.1) is 18.8 Å². The lowest BCUT2D eigenvalue weighted by Crippen LogP contribution is -2.38. The smallest absolute Gasteiger partial charge is 0.319 e. The fraction of sp³-hybridized carbons (Fsp3) is 0.611. The van der Waals surface area contributed by atoms with Gasteiger partial charge in [0.15, 0.2) is 0 Å². The van der Waals surface area contributed by atoms with E-state index in [0.29, 0.717) is 13.2 Å². The highest BCUT2D eigenvalue weighted by atomic mass is 16.5. The summed E-state index contributed by atoms with van der Waals surface area (Å²) in [6, 6.07) is 7.42. The van der Waals surface area contributed by atoms with E-state index in [2.05, 4.69) is 10.6 Å². The van der Waals surface area contributed by atoms with Crippen molar-refractivity contribution >= 4 is 11.7 Å². The van der Waals surface area contributed by atoms with Crippen LogP contribution in [-0.2, 0) is 11.3 Å². The molecule has 0 unspecified atom stereocenters. The minimum Gasteiger partial charge on any atom is -0.393 e. The Balaban J connectivity index is 1.79. The lowest BCUT2D eigenvalue weighted by molar-refractivity contribution is 0.0657. The number of hydrogen-bond donors (Lipinski definition) is 3. The highest BCUT2D eigenvalue weighted by Gasteiger charge is 2.23. The van der Waals surface area contributed by atoms with Crippen molar-refractivity contribution in [3.8, 4) is 0 Å². The van der Waals surface area contributed by atoms with E-state index < -0.39 is 0 Å². The second-order valence-corrected chi connectivity index (χ2v) is 6.51. The molecule has 5 nitrogen and oxygen atoms in total. The van der Waals surface area contributed by atoms with Crippen molar-refractivity contribution in [2.75, 3.05) is 11.9 Å². The zero-order chi connectivity index (χ0) is 16.7. The van der Waals surface area contributed by atoms with E-state index in [-0.39, 0.29) is 24.2 Å². The van der Waals surface area contributed by atoms with Crippen molar-refractivity contribution in [1.29, 1.82) is 0 Å². The number of rotatable bonds is 6. The second-order valence-electron chi connectivity index (χ2n) is 6.51. The molecule has 2 rings (SSSR count). The van der Waals surface area contributed by atoms with E-state index in [1.54, 1.807) is 0 Å². The number of carbonyl (C=O) groups is 1. The van der Waals surface area contributed by atoms with Crippen LogP contribution in [0.2, 0.25) is 0 Å². The topological polar surface area (TPSA) is 70.6 Å². The van der Waals surface area contributed by atoms with Crippen LogP contribution in [0.4, 0.5) is 10.5 Å². The molecular formula is C18H28N2O3. The molecule has 128 valence electrons. The number of carbonyl (C=O) groups excluding carboxylic acids is 1. The maximum absolute atomic E-state index is 12.0. The minimum atomic E-state index is -0.291. The van der Waals surface area contributed by atoms with Crippen molar-refractivity contribution < 1.29 is 14.6 Å². The Morgan fingerprint density at radius 1 is 1.35 bits per heavy atom. The molecule has 1 aromatic carbocycles. The average molecular weight is 320 g/mol. The van der Waals surface area contributed by atoms with Gasteiger partial charge in [-0.3, -0.25) is 0 Å². The van der Waals surface area contributed by atoms with Gasteiger partial charge in [0.25, 0.3) is 0 Å². The first kappa shape index (κ1) is 17.8. The quantitative estimate of drug-likeness (QED) is 0.753. The van der Waals surface area contributed by atoms with Crippen LogP contribution in [0, 0.1) is 5.92 Å². The van der Waals surface area contributed by atoms with E-state index in [4.69, 9.17) is 4.74 Å².